The van der Waals surface area contributed by atoms with Gasteiger partial charge in [-0.1, -0.05) is 11.6 Å². The number of hydrogen-bond donors (Lipinski definition) is 1. The topological polar surface area (TPSA) is 116 Å². The van der Waals surface area contributed by atoms with Gasteiger partial charge in [0.05, 0.1) is 23.3 Å². The van der Waals surface area contributed by atoms with Gasteiger partial charge in [-0.15, -0.1) is 11.3 Å². The van der Waals surface area contributed by atoms with Crippen LogP contribution < -0.4 is 5.32 Å². The van der Waals surface area contributed by atoms with Gasteiger partial charge in [-0.05, 0) is 12.1 Å². The molecule has 29 heavy (non-hydrogen) atoms. The molecule has 0 radical (unpaired) electrons. The lowest BCUT2D eigenvalue weighted by Crippen LogP contribution is -2.53. The van der Waals surface area contributed by atoms with Crippen LogP contribution in [0.3, 0.4) is 0 Å². The molecular weight excluding hydrogens is 464 g/mol. The number of ether oxygens (including phenoxy) is 1. The van der Waals surface area contributed by atoms with Gasteiger partial charge in [0, 0.05) is 45.8 Å². The van der Waals surface area contributed by atoms with Crippen molar-refractivity contribution in [1.29, 1.82) is 0 Å². The molecule has 0 spiro atoms. The Morgan fingerprint density at radius 1 is 1.03 bits per heavy atom. The SMILES string of the molecule is O=C(NCCS(=O)(=O)N1CCOCC1)N1CCN(S(=O)(=O)c2ccc(Cl)s2)CC1. The highest BCUT2D eigenvalue weighted by Crippen LogP contribution is 2.28. The number of carbonyl (C=O) groups excluding carboxylic acids is 1. The Bertz CT molecular complexity index is 922. The maximum atomic E-state index is 12.6. The van der Waals surface area contributed by atoms with E-state index in [1.54, 1.807) is 0 Å². The summed E-state index contributed by atoms with van der Waals surface area (Å²) in [6, 6.07) is 2.60. The van der Waals surface area contributed by atoms with Crippen LogP contribution in [0.2, 0.25) is 4.34 Å². The van der Waals surface area contributed by atoms with Crippen LogP contribution in [0.5, 0.6) is 0 Å². The number of sulfonamides is 2. The van der Waals surface area contributed by atoms with Gasteiger partial charge in [-0.3, -0.25) is 0 Å². The summed E-state index contributed by atoms with van der Waals surface area (Å²) in [6.07, 6.45) is 0. The lowest BCUT2D eigenvalue weighted by Gasteiger charge is -2.33. The van der Waals surface area contributed by atoms with E-state index in [1.807, 2.05) is 0 Å². The van der Waals surface area contributed by atoms with Crippen LogP contribution in [-0.2, 0) is 24.8 Å². The lowest BCUT2D eigenvalue weighted by atomic mass is 10.4. The quantitative estimate of drug-likeness (QED) is 0.608. The van der Waals surface area contributed by atoms with Crippen molar-refractivity contribution in [2.45, 2.75) is 4.21 Å². The van der Waals surface area contributed by atoms with Gasteiger partial charge >= 0.3 is 6.03 Å². The fourth-order valence-corrected chi connectivity index (χ4v) is 7.43. The molecule has 1 N–H and O–H groups in total. The first kappa shape index (κ1) is 22.7. The van der Waals surface area contributed by atoms with Crippen LogP contribution in [0.1, 0.15) is 0 Å². The van der Waals surface area contributed by atoms with Gasteiger partial charge in [0.15, 0.2) is 0 Å². The first-order valence-corrected chi connectivity index (χ1v) is 13.3. The zero-order valence-electron chi connectivity index (χ0n) is 15.6. The predicted molar refractivity (Wildman–Crippen MR) is 109 cm³/mol. The van der Waals surface area contributed by atoms with Gasteiger partial charge in [-0.25, -0.2) is 21.6 Å². The fourth-order valence-electron chi connectivity index (χ4n) is 3.05. The molecule has 2 aliphatic heterocycles. The van der Waals surface area contributed by atoms with Crippen LogP contribution in [0.25, 0.3) is 0 Å². The Morgan fingerprint density at radius 2 is 1.69 bits per heavy atom. The molecule has 0 atom stereocenters. The fraction of sp³-hybridized carbons (Fsp3) is 0.667. The average molecular weight is 487 g/mol. The van der Waals surface area contributed by atoms with Gasteiger partial charge < -0.3 is 15.0 Å². The Balaban J connectivity index is 1.45. The van der Waals surface area contributed by atoms with E-state index in [9.17, 15) is 21.6 Å². The van der Waals surface area contributed by atoms with E-state index >= 15 is 0 Å². The lowest BCUT2D eigenvalue weighted by molar-refractivity contribution is 0.0730. The highest BCUT2D eigenvalue weighted by atomic mass is 35.5. The summed E-state index contributed by atoms with van der Waals surface area (Å²) >= 11 is 6.82. The van der Waals surface area contributed by atoms with Crippen LogP contribution in [0.15, 0.2) is 16.3 Å². The highest BCUT2D eigenvalue weighted by molar-refractivity contribution is 7.91. The third-order valence-corrected chi connectivity index (χ3v) is 10.1. The molecule has 0 aliphatic carbocycles. The van der Waals surface area contributed by atoms with Crippen LogP contribution in [0, 0.1) is 0 Å². The van der Waals surface area contributed by atoms with Crippen molar-refractivity contribution in [2.24, 2.45) is 0 Å². The van der Waals surface area contributed by atoms with E-state index in [0.29, 0.717) is 30.6 Å². The number of carbonyl (C=O) groups is 1. The minimum Gasteiger partial charge on any atom is -0.379 e. The van der Waals surface area contributed by atoms with E-state index < -0.39 is 26.1 Å². The monoisotopic (exact) mass is 486 g/mol. The number of amides is 2. The second kappa shape index (κ2) is 9.45. The second-order valence-corrected chi connectivity index (χ2v) is 12.5. The van der Waals surface area contributed by atoms with Crippen LogP contribution in [0.4, 0.5) is 4.79 Å². The zero-order valence-corrected chi connectivity index (χ0v) is 18.8. The van der Waals surface area contributed by atoms with Crippen LogP contribution >= 0.6 is 22.9 Å². The number of morpholine rings is 1. The Morgan fingerprint density at radius 3 is 2.28 bits per heavy atom. The number of hydrogen-bond acceptors (Lipinski definition) is 7. The van der Waals surface area contributed by atoms with Crippen molar-refractivity contribution in [2.75, 3.05) is 64.8 Å². The van der Waals surface area contributed by atoms with Crippen molar-refractivity contribution in [3.63, 3.8) is 0 Å². The molecule has 14 heteroatoms. The van der Waals surface area contributed by atoms with Crippen molar-refractivity contribution < 1.29 is 26.4 Å². The Hall–Kier alpha value is -0.960. The van der Waals surface area contributed by atoms with Crippen molar-refractivity contribution in [1.82, 2.24) is 18.8 Å². The molecule has 2 saturated heterocycles. The normalized spacial score (nSPS) is 20.0. The van der Waals surface area contributed by atoms with E-state index in [1.165, 1.54) is 25.6 Å². The number of thiophene rings is 1. The number of nitrogens with one attached hydrogen (secondary N) is 1. The van der Waals surface area contributed by atoms with Gasteiger partial charge in [0.25, 0.3) is 10.0 Å². The number of nitrogens with zero attached hydrogens (tertiary/aromatic N) is 3. The molecule has 3 rings (SSSR count). The molecule has 2 aliphatic rings. The van der Waals surface area contributed by atoms with E-state index in [2.05, 4.69) is 5.32 Å². The molecule has 0 unspecified atom stereocenters. The van der Waals surface area contributed by atoms with Gasteiger partial charge in [0.1, 0.15) is 4.21 Å². The minimum atomic E-state index is -3.63. The molecule has 2 amide bonds. The largest absolute Gasteiger partial charge is 0.379 e. The third kappa shape index (κ3) is 5.60. The number of piperazine rings is 1. The highest BCUT2D eigenvalue weighted by Gasteiger charge is 2.31. The van der Waals surface area contributed by atoms with Crippen molar-refractivity contribution in [3.05, 3.63) is 16.5 Å². The summed E-state index contributed by atoms with van der Waals surface area (Å²) in [6.45, 7) is 2.15. The maximum Gasteiger partial charge on any atom is 0.317 e. The molecule has 10 nitrogen and oxygen atoms in total. The van der Waals surface area contributed by atoms with E-state index in [4.69, 9.17) is 16.3 Å². The summed E-state index contributed by atoms with van der Waals surface area (Å²) in [4.78, 5) is 13.8. The Labute approximate surface area is 179 Å². The summed E-state index contributed by atoms with van der Waals surface area (Å²) in [7, 11) is -7.07. The second-order valence-electron chi connectivity index (χ2n) is 6.51. The molecule has 0 saturated carbocycles. The predicted octanol–water partition coefficient (Wildman–Crippen LogP) is 0.0794. The molecule has 2 fully saturated rings. The summed E-state index contributed by atoms with van der Waals surface area (Å²) in [5, 5.41) is 2.60. The van der Waals surface area contributed by atoms with Crippen molar-refractivity contribution in [3.8, 4) is 0 Å². The number of urea groups is 1. The molecule has 164 valence electrons. The summed E-state index contributed by atoms with van der Waals surface area (Å²) < 4.78 is 58.1. The number of rotatable bonds is 6. The van der Waals surface area contributed by atoms with E-state index in [-0.39, 0.29) is 42.7 Å². The van der Waals surface area contributed by atoms with Crippen LogP contribution in [-0.4, -0.2) is 101 Å². The summed E-state index contributed by atoms with van der Waals surface area (Å²) in [5.41, 5.74) is 0. The zero-order chi connectivity index (χ0) is 21.1. The average Bonchev–Trinajstić information content (AvgIpc) is 3.16. The molecule has 0 aromatic carbocycles. The first-order valence-electron chi connectivity index (χ1n) is 9.04. The molecule has 1 aromatic heterocycles. The maximum absolute atomic E-state index is 12.6. The smallest absolute Gasteiger partial charge is 0.317 e. The molecular formula is C15H23ClN4O6S3. The van der Waals surface area contributed by atoms with Gasteiger partial charge in [-0.2, -0.15) is 8.61 Å². The molecule has 1 aromatic rings. The summed E-state index contributed by atoms with van der Waals surface area (Å²) in [5.74, 6) is -0.188. The minimum absolute atomic E-state index is 0.00920. The number of halogens is 1. The molecule has 3 heterocycles. The van der Waals surface area contributed by atoms with Crippen molar-refractivity contribution >= 4 is 49.0 Å². The third-order valence-electron chi connectivity index (χ3n) is 4.67. The molecule has 0 bridgehead atoms. The standard InChI is InChI=1S/C15H23ClN4O6S3/c16-13-1-2-14(27-13)29(24,25)20-6-4-18(5-7-20)15(21)17-3-12-28(22,23)19-8-10-26-11-9-19/h1-2H,3-12H2,(H,17,21). The van der Waals surface area contributed by atoms with E-state index in [0.717, 1.165) is 11.3 Å². The Kier molecular flexibility index (Phi) is 7.41. The van der Waals surface area contributed by atoms with Gasteiger partial charge in [0.2, 0.25) is 10.0 Å². The first-order chi connectivity index (χ1) is 13.7.